The zero-order valence-corrected chi connectivity index (χ0v) is 17.4. The molecule has 5 rings (SSSR count). The minimum atomic E-state index is -0.226. The second-order valence-electron chi connectivity index (χ2n) is 8.30. The van der Waals surface area contributed by atoms with Gasteiger partial charge in [-0.2, -0.15) is 0 Å². The van der Waals surface area contributed by atoms with Gasteiger partial charge in [0, 0.05) is 42.8 Å². The van der Waals surface area contributed by atoms with E-state index < -0.39 is 0 Å². The number of hydrogen-bond acceptors (Lipinski definition) is 3. The molecule has 1 fully saturated rings. The van der Waals surface area contributed by atoms with Gasteiger partial charge < -0.3 is 14.8 Å². The maximum Gasteiger partial charge on any atom is 0.279 e. The van der Waals surface area contributed by atoms with E-state index in [2.05, 4.69) is 16.0 Å². The summed E-state index contributed by atoms with van der Waals surface area (Å²) in [6, 6.07) is 16.3. The maximum absolute atomic E-state index is 13.1. The van der Waals surface area contributed by atoms with E-state index in [4.69, 9.17) is 0 Å². The second kappa shape index (κ2) is 7.63. The molecule has 1 saturated heterocycles. The summed E-state index contributed by atoms with van der Waals surface area (Å²) in [5, 5.41) is 2.92. The van der Waals surface area contributed by atoms with Crippen LogP contribution in [0.15, 0.2) is 60.8 Å². The molecular formula is C25H24N3O3+. The smallest absolute Gasteiger partial charge is 0.279 e. The number of nitrogens with zero attached hydrogens (tertiary/aromatic N) is 1. The molecule has 0 radical (unpaired) electrons. The average Bonchev–Trinajstić information content (AvgIpc) is 3.40. The molecule has 2 aliphatic rings. The van der Waals surface area contributed by atoms with Gasteiger partial charge in [0.25, 0.3) is 5.91 Å². The van der Waals surface area contributed by atoms with Crippen LogP contribution in [0, 0.1) is 0 Å². The van der Waals surface area contributed by atoms with Gasteiger partial charge in [0.05, 0.1) is 23.5 Å². The Bertz CT molecular complexity index is 1210. The first-order valence-electron chi connectivity index (χ1n) is 10.6. The van der Waals surface area contributed by atoms with Crippen LogP contribution in [0.25, 0.3) is 0 Å². The van der Waals surface area contributed by atoms with Gasteiger partial charge in [-0.1, -0.05) is 36.4 Å². The van der Waals surface area contributed by atoms with E-state index in [1.165, 1.54) is 10.6 Å². The summed E-state index contributed by atoms with van der Waals surface area (Å²) in [4.78, 5) is 40.2. The molecule has 6 heteroatoms. The van der Waals surface area contributed by atoms with Gasteiger partial charge in [-0.3, -0.25) is 14.4 Å². The molecule has 156 valence electrons. The van der Waals surface area contributed by atoms with E-state index in [0.29, 0.717) is 28.9 Å². The number of aromatic nitrogens is 1. The summed E-state index contributed by atoms with van der Waals surface area (Å²) in [7, 11) is 2.03. The zero-order chi connectivity index (χ0) is 21.5. The Labute approximate surface area is 180 Å². The first-order chi connectivity index (χ1) is 15.0. The molecule has 6 nitrogen and oxygen atoms in total. The first-order valence-corrected chi connectivity index (χ1v) is 10.6. The molecule has 0 saturated carbocycles. The van der Waals surface area contributed by atoms with E-state index in [0.717, 1.165) is 19.4 Å². The molecule has 1 amide bonds. The number of carbonyl (C=O) groups is 3. The van der Waals surface area contributed by atoms with Crippen LogP contribution in [-0.4, -0.2) is 35.1 Å². The van der Waals surface area contributed by atoms with Crippen LogP contribution in [0.5, 0.6) is 0 Å². The number of rotatable bonds is 4. The minimum absolute atomic E-state index is 0.149. The topological polar surface area (TPSA) is 72.6 Å². The van der Waals surface area contributed by atoms with Crippen LogP contribution in [0.3, 0.4) is 0 Å². The lowest BCUT2D eigenvalue weighted by Gasteiger charge is -2.23. The van der Waals surface area contributed by atoms with Crippen LogP contribution in [0.2, 0.25) is 0 Å². The number of carbonyl (C=O) groups excluding carboxylic acids is 3. The highest BCUT2D eigenvalue weighted by molar-refractivity contribution is 6.30. The fourth-order valence-electron chi connectivity index (χ4n) is 4.97. The molecule has 1 aliphatic heterocycles. The fourth-order valence-corrected chi connectivity index (χ4v) is 4.97. The Morgan fingerprint density at radius 2 is 1.74 bits per heavy atom. The molecule has 2 aromatic carbocycles. The maximum atomic E-state index is 13.1. The number of amides is 1. The Morgan fingerprint density at radius 3 is 2.48 bits per heavy atom. The number of fused-ring (bicyclic) bond motifs is 2. The lowest BCUT2D eigenvalue weighted by molar-refractivity contribution is -0.910. The molecule has 0 bridgehead atoms. The van der Waals surface area contributed by atoms with Gasteiger partial charge in [0.15, 0.2) is 18.1 Å². The number of benzene rings is 2. The van der Waals surface area contributed by atoms with Gasteiger partial charge in [-0.15, -0.1) is 0 Å². The van der Waals surface area contributed by atoms with Crippen LogP contribution in [0.4, 0.5) is 5.69 Å². The number of likely N-dealkylation sites (tertiary alicyclic amines) is 1. The summed E-state index contributed by atoms with van der Waals surface area (Å²) in [5.41, 5.74) is 3.07. The van der Waals surface area contributed by atoms with Crippen molar-refractivity contribution in [3.05, 3.63) is 88.7 Å². The van der Waals surface area contributed by atoms with Crippen molar-refractivity contribution in [2.24, 2.45) is 7.05 Å². The molecule has 0 spiro atoms. The highest BCUT2D eigenvalue weighted by atomic mass is 16.2. The van der Waals surface area contributed by atoms with Gasteiger partial charge in [-0.25, -0.2) is 0 Å². The third kappa shape index (κ3) is 3.29. The quantitative estimate of drug-likeness (QED) is 0.538. The third-order valence-electron chi connectivity index (χ3n) is 6.44. The summed E-state index contributed by atoms with van der Waals surface area (Å²) in [6.45, 7) is 1.25. The number of quaternary nitrogens is 1. The number of ketones is 2. The van der Waals surface area contributed by atoms with Crippen LogP contribution in [-0.2, 0) is 11.8 Å². The Hall–Kier alpha value is -3.51. The molecule has 3 aromatic rings. The number of hydrogen-bond donors (Lipinski definition) is 2. The van der Waals surface area contributed by atoms with Crippen molar-refractivity contribution in [1.82, 2.24) is 4.57 Å². The van der Waals surface area contributed by atoms with Gasteiger partial charge in [0.2, 0.25) is 0 Å². The highest BCUT2D eigenvalue weighted by Crippen LogP contribution is 2.31. The van der Waals surface area contributed by atoms with Crippen LogP contribution < -0.4 is 10.2 Å². The fraction of sp³-hybridized carbons (Fsp3) is 0.240. The minimum Gasteiger partial charge on any atom is -0.350 e. The number of anilines is 1. The number of nitrogens with one attached hydrogen (secondary N) is 2. The predicted octanol–water partition coefficient (Wildman–Crippen LogP) is 2.16. The largest absolute Gasteiger partial charge is 0.350 e. The standard InChI is InChI=1S/C25H23N3O3/c1-27-13-5-11-20(27)21-12-6-14-28(21)15-22(29)26-19-10-4-9-18-23(19)25(31)17-8-3-2-7-16(17)24(18)30/h2-5,7-11,13,21H,6,12,14-15H2,1H3,(H,26,29)/p+1/t21-/m0/s1. The first kappa shape index (κ1) is 19.5. The zero-order valence-electron chi connectivity index (χ0n) is 17.4. The highest BCUT2D eigenvalue weighted by Gasteiger charge is 2.34. The Kier molecular flexibility index (Phi) is 4.79. The lowest BCUT2D eigenvalue weighted by atomic mass is 9.83. The van der Waals surface area contributed by atoms with E-state index in [9.17, 15) is 14.4 Å². The Balaban J connectivity index is 1.39. The van der Waals surface area contributed by atoms with Crippen molar-refractivity contribution >= 4 is 23.2 Å². The van der Waals surface area contributed by atoms with Gasteiger partial charge >= 0.3 is 0 Å². The summed E-state index contributed by atoms with van der Waals surface area (Å²) in [6.07, 6.45) is 4.15. The van der Waals surface area contributed by atoms with Crippen molar-refractivity contribution < 1.29 is 19.3 Å². The Morgan fingerprint density at radius 1 is 1.00 bits per heavy atom. The molecular weight excluding hydrogens is 390 g/mol. The van der Waals surface area contributed by atoms with E-state index in [1.807, 2.05) is 19.3 Å². The monoisotopic (exact) mass is 414 g/mol. The predicted molar refractivity (Wildman–Crippen MR) is 116 cm³/mol. The van der Waals surface area contributed by atoms with Gasteiger partial charge in [0.1, 0.15) is 6.04 Å². The second-order valence-corrected chi connectivity index (χ2v) is 8.30. The molecule has 1 unspecified atom stereocenters. The lowest BCUT2D eigenvalue weighted by Crippen LogP contribution is -3.11. The molecule has 1 aromatic heterocycles. The summed E-state index contributed by atoms with van der Waals surface area (Å²) in [5.74, 6) is -0.560. The van der Waals surface area contributed by atoms with E-state index in [-0.39, 0.29) is 29.1 Å². The van der Waals surface area contributed by atoms with Crippen LogP contribution >= 0.6 is 0 Å². The van der Waals surface area contributed by atoms with Crippen molar-refractivity contribution in [3.63, 3.8) is 0 Å². The van der Waals surface area contributed by atoms with E-state index >= 15 is 0 Å². The molecule has 31 heavy (non-hydrogen) atoms. The molecule has 2 atom stereocenters. The SMILES string of the molecule is Cn1cccc1[C@@H]1CCC[NH+]1CC(=O)Nc1cccc2c1C(=O)c1ccccc1C2=O. The third-order valence-corrected chi connectivity index (χ3v) is 6.44. The molecule has 2 N–H and O–H groups in total. The van der Waals surface area contributed by atoms with Crippen molar-refractivity contribution in [1.29, 1.82) is 0 Å². The van der Waals surface area contributed by atoms with Crippen molar-refractivity contribution in [2.45, 2.75) is 18.9 Å². The van der Waals surface area contributed by atoms with Crippen molar-refractivity contribution in [2.75, 3.05) is 18.4 Å². The molecule has 1 aliphatic carbocycles. The van der Waals surface area contributed by atoms with Crippen molar-refractivity contribution in [3.8, 4) is 0 Å². The summed E-state index contributed by atoms with van der Waals surface area (Å²) >= 11 is 0. The number of aryl methyl sites for hydroxylation is 1. The normalized spacial score (nSPS) is 19.8. The van der Waals surface area contributed by atoms with E-state index in [1.54, 1.807) is 42.5 Å². The average molecular weight is 414 g/mol. The van der Waals surface area contributed by atoms with Crippen LogP contribution in [0.1, 0.15) is 56.4 Å². The molecule has 2 heterocycles. The van der Waals surface area contributed by atoms with Gasteiger partial charge in [-0.05, 0) is 18.2 Å². The summed E-state index contributed by atoms with van der Waals surface area (Å²) < 4.78 is 2.11.